The summed E-state index contributed by atoms with van der Waals surface area (Å²) in [6, 6.07) is 0. The number of hydrogen-bond donors (Lipinski definition) is 1. The van der Waals surface area contributed by atoms with E-state index in [-0.39, 0.29) is 0 Å². The van der Waals surface area contributed by atoms with Crippen LogP contribution in [0.1, 0.15) is 84.5 Å². The Morgan fingerprint density at radius 1 is 1.05 bits per heavy atom. The number of aliphatic hydroxyl groups excluding tert-OH is 1. The smallest absolute Gasteiger partial charge is 0.0456 e. The van der Waals surface area contributed by atoms with E-state index in [0.717, 1.165) is 24.7 Å². The van der Waals surface area contributed by atoms with E-state index in [2.05, 4.69) is 38.2 Å². The third-order valence-corrected chi connectivity index (χ3v) is 5.07. The van der Waals surface area contributed by atoms with Crippen LogP contribution in [0.4, 0.5) is 0 Å². The fourth-order valence-corrected chi connectivity index (χ4v) is 3.43. The van der Waals surface area contributed by atoms with Crippen molar-refractivity contribution in [3.05, 3.63) is 24.3 Å². The molecular formula is C21H38O. The van der Waals surface area contributed by atoms with Crippen molar-refractivity contribution < 1.29 is 5.11 Å². The minimum Gasteiger partial charge on any atom is -0.396 e. The summed E-state index contributed by atoms with van der Waals surface area (Å²) in [4.78, 5) is 0. The number of allylic oxidation sites excluding steroid dienone is 4. The molecule has 0 aromatic rings. The first-order valence-corrected chi connectivity index (χ1v) is 9.70. The first kappa shape index (κ1) is 19.5. The molecule has 0 amide bonds. The van der Waals surface area contributed by atoms with Crippen LogP contribution in [-0.2, 0) is 0 Å². The summed E-state index contributed by atoms with van der Waals surface area (Å²) in [5, 5.41) is 9.02. The Balaban J connectivity index is 2.16. The van der Waals surface area contributed by atoms with Crippen LogP contribution in [0.3, 0.4) is 0 Å². The lowest BCUT2D eigenvalue weighted by atomic mass is 9.92. The largest absolute Gasteiger partial charge is 0.396 e. The molecule has 1 N–H and O–H groups in total. The van der Waals surface area contributed by atoms with E-state index in [0.29, 0.717) is 12.5 Å². The van der Waals surface area contributed by atoms with Crippen LogP contribution in [0.15, 0.2) is 24.3 Å². The molecule has 0 radical (unpaired) electrons. The van der Waals surface area contributed by atoms with Gasteiger partial charge in [0.2, 0.25) is 0 Å². The van der Waals surface area contributed by atoms with Gasteiger partial charge in [-0.2, -0.15) is 0 Å². The average Bonchev–Trinajstić information content (AvgIpc) is 2.97. The van der Waals surface area contributed by atoms with Crippen LogP contribution in [-0.4, -0.2) is 11.7 Å². The molecule has 1 aliphatic rings. The van der Waals surface area contributed by atoms with Gasteiger partial charge in [0.15, 0.2) is 0 Å². The molecule has 1 heteroatoms. The molecule has 0 heterocycles. The van der Waals surface area contributed by atoms with E-state index in [1.807, 2.05) is 0 Å². The minimum atomic E-state index is 0.321. The van der Waals surface area contributed by atoms with Gasteiger partial charge in [0.1, 0.15) is 0 Å². The predicted octanol–water partition coefficient (Wildman–Crippen LogP) is 6.28. The lowest BCUT2D eigenvalue weighted by Crippen LogP contribution is -2.03. The van der Waals surface area contributed by atoms with E-state index in [1.165, 1.54) is 57.8 Å². The van der Waals surface area contributed by atoms with E-state index in [9.17, 15) is 0 Å². The lowest BCUT2D eigenvalue weighted by Gasteiger charge is -2.14. The minimum absolute atomic E-state index is 0.321. The maximum atomic E-state index is 9.02. The van der Waals surface area contributed by atoms with Gasteiger partial charge in [-0.15, -0.1) is 0 Å². The van der Waals surface area contributed by atoms with Gasteiger partial charge in [0.25, 0.3) is 0 Å². The molecule has 0 bridgehead atoms. The van der Waals surface area contributed by atoms with Crippen molar-refractivity contribution in [2.75, 3.05) is 6.61 Å². The van der Waals surface area contributed by atoms with Gasteiger partial charge in [0, 0.05) is 6.61 Å². The number of hydrogen-bond acceptors (Lipinski definition) is 1. The van der Waals surface area contributed by atoms with E-state index in [1.54, 1.807) is 0 Å². The molecule has 128 valence electrons. The monoisotopic (exact) mass is 306 g/mol. The summed E-state index contributed by atoms with van der Waals surface area (Å²) in [6.45, 7) is 4.71. The normalized spacial score (nSPS) is 23.8. The molecule has 1 saturated carbocycles. The van der Waals surface area contributed by atoms with Gasteiger partial charge < -0.3 is 5.11 Å². The summed E-state index contributed by atoms with van der Waals surface area (Å²) in [5.41, 5.74) is 0. The van der Waals surface area contributed by atoms with Crippen LogP contribution in [0.2, 0.25) is 0 Å². The third kappa shape index (κ3) is 8.78. The van der Waals surface area contributed by atoms with E-state index >= 15 is 0 Å². The quantitative estimate of drug-likeness (QED) is 0.332. The number of unbranched alkanes of at least 4 members (excludes halogenated alkanes) is 4. The highest BCUT2D eigenvalue weighted by Gasteiger charge is 2.23. The van der Waals surface area contributed by atoms with Gasteiger partial charge in [-0.05, 0) is 62.7 Å². The van der Waals surface area contributed by atoms with Crippen molar-refractivity contribution in [1.29, 1.82) is 0 Å². The van der Waals surface area contributed by atoms with Crippen LogP contribution < -0.4 is 0 Å². The SMILES string of the molecule is CCCCCC/C=C/[C@H]1CCC[C@@H]1C/C=C\CCC(C)CO. The molecule has 0 aliphatic heterocycles. The van der Waals surface area contributed by atoms with E-state index < -0.39 is 0 Å². The first-order chi connectivity index (χ1) is 10.8. The zero-order chi connectivity index (χ0) is 16.0. The second-order valence-electron chi connectivity index (χ2n) is 7.20. The van der Waals surface area contributed by atoms with Crippen molar-refractivity contribution in [3.63, 3.8) is 0 Å². The van der Waals surface area contributed by atoms with Crippen LogP contribution >= 0.6 is 0 Å². The highest BCUT2D eigenvalue weighted by Crippen LogP contribution is 2.35. The summed E-state index contributed by atoms with van der Waals surface area (Å²) in [6.07, 6.45) is 24.1. The lowest BCUT2D eigenvalue weighted by molar-refractivity contribution is 0.231. The molecule has 1 rings (SSSR count). The predicted molar refractivity (Wildman–Crippen MR) is 98.0 cm³/mol. The molecule has 1 fully saturated rings. The van der Waals surface area contributed by atoms with Gasteiger partial charge in [-0.1, -0.05) is 63.8 Å². The van der Waals surface area contributed by atoms with Crippen LogP contribution in [0.25, 0.3) is 0 Å². The van der Waals surface area contributed by atoms with Gasteiger partial charge in [0.05, 0.1) is 0 Å². The maximum absolute atomic E-state index is 9.02. The fourth-order valence-electron chi connectivity index (χ4n) is 3.43. The Bertz CT molecular complexity index is 305. The van der Waals surface area contributed by atoms with Gasteiger partial charge in [-0.25, -0.2) is 0 Å². The average molecular weight is 307 g/mol. The maximum Gasteiger partial charge on any atom is 0.0456 e. The zero-order valence-corrected chi connectivity index (χ0v) is 15.0. The van der Waals surface area contributed by atoms with Crippen molar-refractivity contribution in [1.82, 2.24) is 0 Å². The molecule has 1 nitrogen and oxygen atoms in total. The van der Waals surface area contributed by atoms with Crippen molar-refractivity contribution >= 4 is 0 Å². The van der Waals surface area contributed by atoms with Crippen molar-refractivity contribution in [3.8, 4) is 0 Å². The number of rotatable bonds is 12. The third-order valence-electron chi connectivity index (χ3n) is 5.07. The fraction of sp³-hybridized carbons (Fsp3) is 0.810. The highest BCUT2D eigenvalue weighted by molar-refractivity contribution is 4.97. The summed E-state index contributed by atoms with van der Waals surface area (Å²) in [7, 11) is 0. The second kappa shape index (κ2) is 12.9. The highest BCUT2D eigenvalue weighted by atomic mass is 16.3. The topological polar surface area (TPSA) is 20.2 Å². The Hall–Kier alpha value is -0.560. The Labute approximate surface area is 138 Å². The molecule has 0 saturated heterocycles. The number of aliphatic hydroxyl groups is 1. The standard InChI is InChI=1S/C21H38O/c1-3-4-5-6-7-10-14-20-16-12-17-21(20)15-11-8-9-13-19(2)18-22/h8,10-11,14,19-22H,3-7,9,12-13,15-18H2,1-2H3/b11-8-,14-10+/t19?,20-,21-/m0/s1. The zero-order valence-electron chi connectivity index (χ0n) is 15.0. The van der Waals surface area contributed by atoms with Gasteiger partial charge in [-0.3, -0.25) is 0 Å². The molecule has 0 spiro atoms. The second-order valence-corrected chi connectivity index (χ2v) is 7.20. The summed E-state index contributed by atoms with van der Waals surface area (Å²) >= 11 is 0. The van der Waals surface area contributed by atoms with Crippen molar-refractivity contribution in [2.45, 2.75) is 84.5 Å². The Morgan fingerprint density at radius 2 is 1.91 bits per heavy atom. The Morgan fingerprint density at radius 3 is 2.68 bits per heavy atom. The first-order valence-electron chi connectivity index (χ1n) is 9.70. The Kier molecular flexibility index (Phi) is 11.5. The van der Waals surface area contributed by atoms with Crippen LogP contribution in [0.5, 0.6) is 0 Å². The van der Waals surface area contributed by atoms with Crippen LogP contribution in [0, 0.1) is 17.8 Å². The molecule has 0 aromatic carbocycles. The molecule has 0 aromatic heterocycles. The molecular weight excluding hydrogens is 268 g/mol. The van der Waals surface area contributed by atoms with E-state index in [4.69, 9.17) is 5.11 Å². The summed E-state index contributed by atoms with van der Waals surface area (Å²) in [5.74, 6) is 2.14. The van der Waals surface area contributed by atoms with Crippen molar-refractivity contribution in [2.24, 2.45) is 17.8 Å². The molecule has 1 aliphatic carbocycles. The summed E-state index contributed by atoms with van der Waals surface area (Å²) < 4.78 is 0. The molecule has 22 heavy (non-hydrogen) atoms. The van der Waals surface area contributed by atoms with Gasteiger partial charge >= 0.3 is 0 Å². The molecule has 3 atom stereocenters. The molecule has 1 unspecified atom stereocenters.